The number of rotatable bonds is 3. The Hall–Kier alpha value is -0.890. The number of carbonyl (C=O) groups excluding carboxylic acids is 1. The Bertz CT molecular complexity index is 367. The minimum absolute atomic E-state index is 0.136. The monoisotopic (exact) mass is 252 g/mol. The maximum Gasteiger partial charge on any atom is 0.159 e. The fourth-order valence-corrected chi connectivity index (χ4v) is 1.86. The van der Waals surface area contributed by atoms with Gasteiger partial charge in [0.1, 0.15) is 0 Å². The van der Waals surface area contributed by atoms with Crippen molar-refractivity contribution in [2.24, 2.45) is 0 Å². The smallest absolute Gasteiger partial charge is 0.159 e. The number of benzene rings is 1. The molecular weight excluding hydrogens is 240 g/mol. The van der Waals surface area contributed by atoms with Crippen molar-refractivity contribution >= 4 is 21.7 Å². The van der Waals surface area contributed by atoms with Crippen molar-refractivity contribution in [1.29, 1.82) is 0 Å². The number of hydrogen-bond acceptors (Lipinski definition) is 1. The average Bonchev–Trinajstić information content (AvgIpc) is 2.10. The molecule has 0 unspecified atom stereocenters. The summed E-state index contributed by atoms with van der Waals surface area (Å²) in [5, 5.41) is 0. The topological polar surface area (TPSA) is 17.1 Å². The van der Waals surface area contributed by atoms with Crippen LogP contribution in [0.15, 0.2) is 34.8 Å². The molecule has 0 radical (unpaired) electrons. The minimum atomic E-state index is 0.136. The predicted octanol–water partition coefficient (Wildman–Crippen LogP) is 3.45. The molecule has 0 aromatic heterocycles. The van der Waals surface area contributed by atoms with Crippen LogP contribution in [0.25, 0.3) is 0 Å². The minimum Gasteiger partial charge on any atom is -0.294 e. The van der Waals surface area contributed by atoms with Crippen LogP contribution >= 0.6 is 15.9 Å². The molecule has 0 aliphatic rings. The maximum absolute atomic E-state index is 11.3. The number of allylic oxidation sites excluding steroid dienone is 2. The molecule has 0 atom stereocenters. The Morgan fingerprint density at radius 1 is 1.50 bits per heavy atom. The first-order valence-corrected chi connectivity index (χ1v) is 5.33. The number of carbonyl (C=O) groups is 1. The molecule has 0 aliphatic carbocycles. The number of hydrogen-bond donors (Lipinski definition) is 0. The van der Waals surface area contributed by atoms with Gasteiger partial charge in [0.25, 0.3) is 0 Å². The molecule has 1 rings (SSSR count). The molecular formula is C12H13BrO. The summed E-state index contributed by atoms with van der Waals surface area (Å²) in [4.78, 5) is 11.3. The Balaban J connectivity index is 2.82. The van der Waals surface area contributed by atoms with Crippen LogP contribution in [0.2, 0.25) is 0 Å². The summed E-state index contributed by atoms with van der Waals surface area (Å²) >= 11 is 3.45. The summed E-state index contributed by atoms with van der Waals surface area (Å²) in [6.45, 7) is 3.88. The third-order valence-electron chi connectivity index (χ3n) is 1.93. The van der Waals surface area contributed by atoms with E-state index in [1.54, 1.807) is 12.2 Å². The lowest BCUT2D eigenvalue weighted by Gasteiger charge is -2.02. The molecule has 14 heavy (non-hydrogen) atoms. The van der Waals surface area contributed by atoms with Gasteiger partial charge in [0, 0.05) is 10.9 Å². The zero-order chi connectivity index (χ0) is 10.6. The molecule has 2 heteroatoms. The van der Waals surface area contributed by atoms with E-state index < -0.39 is 0 Å². The van der Waals surface area contributed by atoms with Gasteiger partial charge < -0.3 is 0 Å². The maximum atomic E-state index is 11.3. The molecule has 1 aromatic carbocycles. The number of aryl methyl sites for hydroxylation is 1. The first-order valence-electron chi connectivity index (χ1n) is 4.54. The van der Waals surface area contributed by atoms with Crippen molar-refractivity contribution in [3.63, 3.8) is 0 Å². The van der Waals surface area contributed by atoms with Crippen LogP contribution in [-0.2, 0) is 11.2 Å². The summed E-state index contributed by atoms with van der Waals surface area (Å²) < 4.78 is 1.01. The van der Waals surface area contributed by atoms with Crippen LogP contribution in [0.4, 0.5) is 0 Å². The molecule has 1 aromatic rings. The summed E-state index contributed by atoms with van der Waals surface area (Å²) in [5.74, 6) is 0.136. The zero-order valence-corrected chi connectivity index (χ0v) is 9.97. The van der Waals surface area contributed by atoms with Gasteiger partial charge >= 0.3 is 0 Å². The van der Waals surface area contributed by atoms with Crippen LogP contribution in [0.3, 0.4) is 0 Å². The van der Waals surface area contributed by atoms with Gasteiger partial charge in [-0.15, -0.1) is 0 Å². The first-order chi connectivity index (χ1) is 6.63. The van der Waals surface area contributed by atoms with Crippen molar-refractivity contribution in [3.05, 3.63) is 46.0 Å². The molecule has 0 N–H and O–H groups in total. The lowest BCUT2D eigenvalue weighted by Crippen LogP contribution is -1.99. The second-order valence-corrected chi connectivity index (χ2v) is 4.09. The van der Waals surface area contributed by atoms with Gasteiger partial charge in [0.15, 0.2) is 5.78 Å². The van der Waals surface area contributed by atoms with Gasteiger partial charge in [0.2, 0.25) is 0 Å². The number of halogens is 1. The van der Waals surface area contributed by atoms with Gasteiger partial charge in [0.05, 0.1) is 0 Å². The fourth-order valence-electron chi connectivity index (χ4n) is 1.23. The largest absolute Gasteiger partial charge is 0.294 e. The normalized spacial score (nSPS) is 10.8. The molecule has 0 bridgehead atoms. The Labute approximate surface area is 93.0 Å². The van der Waals surface area contributed by atoms with Crippen molar-refractivity contribution in [2.75, 3.05) is 0 Å². The second-order valence-electron chi connectivity index (χ2n) is 3.24. The number of ketones is 1. The molecule has 0 amide bonds. The molecule has 0 saturated heterocycles. The van der Waals surface area contributed by atoms with E-state index in [0.717, 1.165) is 10.0 Å². The molecule has 74 valence electrons. The highest BCUT2D eigenvalue weighted by molar-refractivity contribution is 9.10. The molecule has 0 heterocycles. The predicted molar refractivity (Wildman–Crippen MR) is 62.4 cm³/mol. The van der Waals surface area contributed by atoms with Gasteiger partial charge in [-0.3, -0.25) is 4.79 Å². The third kappa shape index (κ3) is 3.11. The molecule has 0 spiro atoms. The van der Waals surface area contributed by atoms with Crippen molar-refractivity contribution in [3.8, 4) is 0 Å². The van der Waals surface area contributed by atoms with Crippen LogP contribution in [-0.4, -0.2) is 5.78 Å². The van der Waals surface area contributed by atoms with E-state index in [-0.39, 0.29) is 5.78 Å². The van der Waals surface area contributed by atoms with Crippen LogP contribution in [0, 0.1) is 6.92 Å². The molecule has 1 nitrogen and oxygen atoms in total. The Morgan fingerprint density at radius 3 is 2.79 bits per heavy atom. The lowest BCUT2D eigenvalue weighted by atomic mass is 10.1. The van der Waals surface area contributed by atoms with E-state index in [4.69, 9.17) is 0 Å². The van der Waals surface area contributed by atoms with Crippen molar-refractivity contribution in [2.45, 2.75) is 20.3 Å². The van der Waals surface area contributed by atoms with Gasteiger partial charge in [-0.25, -0.2) is 0 Å². The van der Waals surface area contributed by atoms with Crippen LogP contribution < -0.4 is 0 Å². The summed E-state index contributed by atoms with van der Waals surface area (Å²) in [6, 6.07) is 6.03. The van der Waals surface area contributed by atoms with Crippen molar-refractivity contribution < 1.29 is 4.79 Å². The van der Waals surface area contributed by atoms with Crippen molar-refractivity contribution in [1.82, 2.24) is 0 Å². The third-order valence-corrected chi connectivity index (χ3v) is 2.66. The molecule has 0 fully saturated rings. The average molecular weight is 253 g/mol. The first kappa shape index (κ1) is 11.2. The summed E-state index contributed by atoms with van der Waals surface area (Å²) in [6.07, 6.45) is 3.84. The van der Waals surface area contributed by atoms with E-state index in [1.807, 2.05) is 32.0 Å². The lowest BCUT2D eigenvalue weighted by molar-refractivity contribution is -0.114. The van der Waals surface area contributed by atoms with E-state index in [0.29, 0.717) is 6.42 Å². The van der Waals surface area contributed by atoms with E-state index in [2.05, 4.69) is 15.9 Å². The van der Waals surface area contributed by atoms with Gasteiger partial charge in [-0.1, -0.05) is 34.1 Å². The highest BCUT2D eigenvalue weighted by atomic mass is 79.9. The summed E-state index contributed by atoms with van der Waals surface area (Å²) in [5.41, 5.74) is 2.23. The second kappa shape index (κ2) is 5.11. The van der Waals surface area contributed by atoms with Gasteiger partial charge in [-0.05, 0) is 37.1 Å². The van der Waals surface area contributed by atoms with Gasteiger partial charge in [-0.2, -0.15) is 0 Å². The highest BCUT2D eigenvalue weighted by Crippen LogP contribution is 2.19. The van der Waals surface area contributed by atoms with Crippen LogP contribution in [0.5, 0.6) is 0 Å². The fraction of sp³-hybridized carbons (Fsp3) is 0.250. The van der Waals surface area contributed by atoms with Crippen LogP contribution in [0.1, 0.15) is 18.1 Å². The SMILES string of the molecule is C/C=C\C(=O)Cc1ccc(C)cc1Br. The van der Waals surface area contributed by atoms with E-state index >= 15 is 0 Å². The molecule has 0 saturated carbocycles. The summed E-state index contributed by atoms with van der Waals surface area (Å²) in [7, 11) is 0. The van der Waals surface area contributed by atoms with E-state index in [1.165, 1.54) is 5.56 Å². The Morgan fingerprint density at radius 2 is 2.21 bits per heavy atom. The zero-order valence-electron chi connectivity index (χ0n) is 8.38. The molecule has 0 aliphatic heterocycles. The Kier molecular flexibility index (Phi) is 4.08. The standard InChI is InChI=1S/C12H13BrO/c1-3-4-11(14)8-10-6-5-9(2)7-12(10)13/h3-7H,8H2,1-2H3/b4-3-. The highest BCUT2D eigenvalue weighted by Gasteiger charge is 2.03. The quantitative estimate of drug-likeness (QED) is 0.754. The van der Waals surface area contributed by atoms with E-state index in [9.17, 15) is 4.79 Å².